The number of amides is 1. The van der Waals surface area contributed by atoms with Crippen LogP contribution in [0.2, 0.25) is 0 Å². The van der Waals surface area contributed by atoms with Crippen molar-refractivity contribution < 1.29 is 14.1 Å². The van der Waals surface area contributed by atoms with E-state index in [-0.39, 0.29) is 11.6 Å². The average Bonchev–Trinajstić information content (AvgIpc) is 3.24. The smallest absolute Gasteiger partial charge is 0.309 e. The molecule has 1 unspecified atom stereocenters. The molecule has 1 aliphatic heterocycles. The molecule has 0 radical (unpaired) electrons. The van der Waals surface area contributed by atoms with E-state index in [9.17, 15) is 14.9 Å². The Labute approximate surface area is 145 Å². The molecule has 1 saturated heterocycles. The molecule has 1 aliphatic rings. The number of carbonyl (C=O) groups excluding carboxylic acids is 1. The highest BCUT2D eigenvalue weighted by Crippen LogP contribution is 2.21. The minimum atomic E-state index is -0.565. The lowest BCUT2D eigenvalue weighted by molar-refractivity contribution is -0.385. The minimum Gasteiger partial charge on any atom is -0.468 e. The topological polar surface area (TPSA) is 97.6 Å². The van der Waals surface area contributed by atoms with Gasteiger partial charge in [-0.15, -0.1) is 0 Å². The van der Waals surface area contributed by atoms with Gasteiger partial charge in [-0.1, -0.05) is 0 Å². The number of hydrogen-bond donors (Lipinski definition) is 0. The summed E-state index contributed by atoms with van der Waals surface area (Å²) in [4.78, 5) is 27.2. The molecule has 9 nitrogen and oxygen atoms in total. The maximum atomic E-state index is 12.7. The highest BCUT2D eigenvalue weighted by Gasteiger charge is 2.29. The van der Waals surface area contributed by atoms with Crippen LogP contribution < -0.4 is 0 Å². The zero-order valence-electron chi connectivity index (χ0n) is 14.3. The van der Waals surface area contributed by atoms with Crippen LogP contribution in [0.1, 0.15) is 24.4 Å². The molecule has 0 saturated carbocycles. The van der Waals surface area contributed by atoms with Gasteiger partial charge in [0, 0.05) is 26.2 Å². The first-order valence-corrected chi connectivity index (χ1v) is 8.19. The third-order valence-corrected chi connectivity index (χ3v) is 4.58. The molecule has 1 amide bonds. The summed E-state index contributed by atoms with van der Waals surface area (Å²) < 4.78 is 6.78. The monoisotopic (exact) mass is 347 g/mol. The van der Waals surface area contributed by atoms with Gasteiger partial charge in [0.2, 0.25) is 5.91 Å². The minimum absolute atomic E-state index is 0.0667. The second kappa shape index (κ2) is 7.06. The molecule has 0 N–H and O–H groups in total. The number of carbonyl (C=O) groups is 1. The molecular weight excluding hydrogens is 326 g/mol. The van der Waals surface area contributed by atoms with Crippen molar-refractivity contribution in [2.24, 2.45) is 0 Å². The summed E-state index contributed by atoms with van der Waals surface area (Å²) in [5, 5.41) is 15.0. The first-order chi connectivity index (χ1) is 12.0. The number of furan rings is 1. The van der Waals surface area contributed by atoms with Crippen molar-refractivity contribution in [1.29, 1.82) is 0 Å². The van der Waals surface area contributed by atoms with Crippen molar-refractivity contribution in [3.8, 4) is 0 Å². The second-order valence-corrected chi connectivity index (χ2v) is 6.17. The van der Waals surface area contributed by atoms with Crippen LogP contribution >= 0.6 is 0 Å². The molecule has 25 heavy (non-hydrogen) atoms. The molecule has 2 aromatic rings. The number of nitrogens with zero attached hydrogens (tertiary/aromatic N) is 5. The van der Waals surface area contributed by atoms with Gasteiger partial charge in [0.1, 0.15) is 23.7 Å². The fourth-order valence-electron chi connectivity index (χ4n) is 3.10. The van der Waals surface area contributed by atoms with Gasteiger partial charge in [-0.25, -0.2) is 0 Å². The van der Waals surface area contributed by atoms with Gasteiger partial charge in [0.05, 0.1) is 17.7 Å². The lowest BCUT2D eigenvalue weighted by atomic mass is 10.2. The third kappa shape index (κ3) is 3.55. The van der Waals surface area contributed by atoms with Crippen molar-refractivity contribution in [3.05, 3.63) is 46.2 Å². The molecule has 0 aliphatic carbocycles. The van der Waals surface area contributed by atoms with E-state index < -0.39 is 11.0 Å². The van der Waals surface area contributed by atoms with Crippen molar-refractivity contribution in [2.75, 3.05) is 26.2 Å². The molecule has 2 aromatic heterocycles. The Morgan fingerprint density at radius 3 is 2.68 bits per heavy atom. The van der Waals surface area contributed by atoms with E-state index in [0.717, 1.165) is 25.4 Å². The van der Waals surface area contributed by atoms with Crippen molar-refractivity contribution in [3.63, 3.8) is 0 Å². The Hall–Kier alpha value is -2.68. The van der Waals surface area contributed by atoms with E-state index in [1.807, 2.05) is 12.1 Å². The van der Waals surface area contributed by atoms with Crippen LogP contribution in [0.4, 0.5) is 5.69 Å². The summed E-state index contributed by atoms with van der Waals surface area (Å²) in [6.07, 6.45) is 2.85. The van der Waals surface area contributed by atoms with Crippen LogP contribution in [0.15, 0.2) is 29.0 Å². The number of piperazine rings is 1. The van der Waals surface area contributed by atoms with Gasteiger partial charge in [-0.3, -0.25) is 24.5 Å². The second-order valence-electron chi connectivity index (χ2n) is 6.17. The van der Waals surface area contributed by atoms with Crippen LogP contribution in [0.5, 0.6) is 0 Å². The Bertz CT molecular complexity index is 747. The van der Waals surface area contributed by atoms with Crippen LogP contribution in [0, 0.1) is 17.0 Å². The zero-order chi connectivity index (χ0) is 18.0. The number of rotatable bonds is 5. The van der Waals surface area contributed by atoms with E-state index in [4.69, 9.17) is 4.42 Å². The summed E-state index contributed by atoms with van der Waals surface area (Å²) in [6, 6.07) is 3.24. The summed E-state index contributed by atoms with van der Waals surface area (Å²) in [5.41, 5.74) is 0.324. The van der Waals surface area contributed by atoms with E-state index in [2.05, 4.69) is 10.00 Å². The molecule has 0 aromatic carbocycles. The molecule has 1 fully saturated rings. The quantitative estimate of drug-likeness (QED) is 0.602. The average molecular weight is 347 g/mol. The van der Waals surface area contributed by atoms with E-state index in [1.54, 1.807) is 25.0 Å². The lowest BCUT2D eigenvalue weighted by Gasteiger charge is -2.35. The van der Waals surface area contributed by atoms with Crippen molar-refractivity contribution in [2.45, 2.75) is 26.4 Å². The molecule has 0 bridgehead atoms. The maximum absolute atomic E-state index is 12.7. The number of hydrogen-bond acceptors (Lipinski definition) is 6. The van der Waals surface area contributed by atoms with Crippen LogP contribution in [0.25, 0.3) is 0 Å². The largest absolute Gasteiger partial charge is 0.468 e. The predicted molar refractivity (Wildman–Crippen MR) is 88.9 cm³/mol. The molecule has 3 rings (SSSR count). The molecule has 9 heteroatoms. The third-order valence-electron chi connectivity index (χ3n) is 4.58. The Balaban J connectivity index is 1.59. The van der Waals surface area contributed by atoms with Gasteiger partial charge in [0.25, 0.3) is 0 Å². The fraction of sp³-hybridized carbons (Fsp3) is 0.500. The van der Waals surface area contributed by atoms with Crippen molar-refractivity contribution in [1.82, 2.24) is 19.6 Å². The summed E-state index contributed by atoms with van der Waals surface area (Å²) in [5.74, 6) is 0.839. The van der Waals surface area contributed by atoms with E-state index >= 15 is 0 Å². The van der Waals surface area contributed by atoms with Gasteiger partial charge in [0.15, 0.2) is 0 Å². The van der Waals surface area contributed by atoms with Gasteiger partial charge in [-0.05, 0) is 26.0 Å². The number of nitro groups is 1. The first-order valence-electron chi connectivity index (χ1n) is 8.19. The summed E-state index contributed by atoms with van der Waals surface area (Å²) in [6.45, 7) is 6.82. The predicted octanol–water partition coefficient (Wildman–Crippen LogP) is 1.60. The Kier molecular flexibility index (Phi) is 4.84. The molecule has 1 atom stereocenters. The zero-order valence-corrected chi connectivity index (χ0v) is 14.3. The highest BCUT2D eigenvalue weighted by molar-refractivity contribution is 5.80. The Morgan fingerprint density at radius 2 is 2.12 bits per heavy atom. The van der Waals surface area contributed by atoms with Crippen LogP contribution in [-0.4, -0.2) is 56.6 Å². The SMILES string of the molecule is Cc1c([N+](=O)[O-])cnn1C(C)C(=O)N1CCN(Cc2ccco2)CC1. The molecule has 0 spiro atoms. The number of aromatic nitrogens is 2. The van der Waals surface area contributed by atoms with Gasteiger partial charge < -0.3 is 9.32 Å². The van der Waals surface area contributed by atoms with Gasteiger partial charge >= 0.3 is 5.69 Å². The molecule has 3 heterocycles. The van der Waals surface area contributed by atoms with Crippen LogP contribution in [-0.2, 0) is 11.3 Å². The highest BCUT2D eigenvalue weighted by atomic mass is 16.6. The maximum Gasteiger partial charge on any atom is 0.309 e. The standard InChI is InChI=1S/C16H21N5O4/c1-12-15(21(23)24)10-17-20(12)13(2)16(22)19-7-5-18(6-8-19)11-14-4-3-9-25-14/h3-4,9-10,13H,5-8,11H2,1-2H3. The van der Waals surface area contributed by atoms with Crippen molar-refractivity contribution >= 4 is 11.6 Å². The lowest BCUT2D eigenvalue weighted by Crippen LogP contribution is -2.50. The molecule has 134 valence electrons. The van der Waals surface area contributed by atoms with Crippen LogP contribution in [0.3, 0.4) is 0 Å². The summed E-state index contributed by atoms with van der Waals surface area (Å²) >= 11 is 0. The first kappa shape index (κ1) is 17.2. The van der Waals surface area contributed by atoms with E-state index in [1.165, 1.54) is 10.9 Å². The Morgan fingerprint density at radius 1 is 1.40 bits per heavy atom. The van der Waals surface area contributed by atoms with Gasteiger partial charge in [-0.2, -0.15) is 5.10 Å². The van der Waals surface area contributed by atoms with E-state index in [0.29, 0.717) is 18.8 Å². The summed E-state index contributed by atoms with van der Waals surface area (Å²) in [7, 11) is 0. The molecular formula is C16H21N5O4. The fourth-order valence-corrected chi connectivity index (χ4v) is 3.10. The normalized spacial score (nSPS) is 16.8.